The smallest absolute Gasteiger partial charge is 0.383 e. The highest BCUT2D eigenvalue weighted by Crippen LogP contribution is 2.37. The molecule has 12 rings (SSSR count). The number of pyridine rings is 2. The number of methoxy groups -OCH3 is 2. The third kappa shape index (κ3) is 19.2. The quantitative estimate of drug-likeness (QED) is 0.0428. The van der Waals surface area contributed by atoms with E-state index in [1.165, 1.54) is 54.0 Å². The number of amides is 2. The monoisotopic (exact) mass is 1530 g/mol. The van der Waals surface area contributed by atoms with Gasteiger partial charge in [0.25, 0.3) is 0 Å². The second kappa shape index (κ2) is 35.1. The van der Waals surface area contributed by atoms with Crippen LogP contribution < -0.4 is 10.9 Å². The van der Waals surface area contributed by atoms with E-state index in [0.717, 1.165) is 34.9 Å². The number of para-hydroxylation sites is 1. The van der Waals surface area contributed by atoms with E-state index in [1.54, 1.807) is 53.1 Å². The Morgan fingerprint density at radius 3 is 1.78 bits per heavy atom. The average molecular weight is 1530 g/mol. The second-order valence-electron chi connectivity index (χ2n) is 24.0. The van der Waals surface area contributed by atoms with Gasteiger partial charge in [0.2, 0.25) is 11.8 Å². The number of aromatic nitrogens is 2. The van der Waals surface area contributed by atoms with Crippen molar-refractivity contribution in [1.29, 1.82) is 0 Å². The first-order chi connectivity index (χ1) is 62.0. The molecule has 0 aliphatic carbocycles. The predicted octanol–water partition coefficient (Wildman–Crippen LogP) is 17.7. The highest BCUT2D eigenvalue weighted by molar-refractivity contribution is 7.98. The van der Waals surface area contributed by atoms with E-state index >= 15 is 9.18 Å². The van der Waals surface area contributed by atoms with Crippen molar-refractivity contribution in [2.45, 2.75) is 111 Å². The molecule has 2 aromatic heterocycles. The van der Waals surface area contributed by atoms with E-state index in [4.69, 9.17) is 39.0 Å². The largest absolute Gasteiger partial charge is 0.416 e. The summed E-state index contributed by atoms with van der Waals surface area (Å²) in [5, 5.41) is -0.843. The van der Waals surface area contributed by atoms with Crippen LogP contribution in [0.4, 0.5) is 43.9 Å². The normalized spacial score (nSPS) is 19.2. The van der Waals surface area contributed by atoms with Crippen LogP contribution in [0.5, 0.6) is 0 Å². The summed E-state index contributed by atoms with van der Waals surface area (Å²) in [6.45, 7) is -9.73. The zero-order valence-electron chi connectivity index (χ0n) is 84.0. The summed E-state index contributed by atoms with van der Waals surface area (Å²) < 4.78 is 387. The van der Waals surface area contributed by atoms with Crippen LogP contribution in [0.1, 0.15) is 116 Å². The van der Waals surface area contributed by atoms with Gasteiger partial charge in [0, 0.05) is 123 Å². The molecule has 0 radical (unpaired) electrons. The molecule has 556 valence electrons. The number of carbonyl (C=O) groups is 2. The van der Waals surface area contributed by atoms with E-state index in [0.29, 0.717) is 37.1 Å². The lowest BCUT2D eigenvalue weighted by molar-refractivity contribution is -0.138. The third-order valence-electron chi connectivity index (χ3n) is 17.2. The fraction of sp³-hybridized carbons (Fsp3) is 0.317. The maximum Gasteiger partial charge on any atom is 0.416 e. The van der Waals surface area contributed by atoms with Gasteiger partial charge in [-0.05, 0) is 133 Å². The highest BCUT2D eigenvalue weighted by atomic mass is 32.2. The van der Waals surface area contributed by atoms with Crippen molar-refractivity contribution >= 4 is 57.1 Å². The van der Waals surface area contributed by atoms with Gasteiger partial charge >= 0.3 is 12.4 Å². The van der Waals surface area contributed by atoms with Gasteiger partial charge in [-0.25, -0.2) is 17.6 Å². The zero-order valence-corrected chi connectivity index (χ0v) is 57.7. The summed E-state index contributed by atoms with van der Waals surface area (Å²) >= 11 is 1.29. The minimum absolute atomic E-state index is 0.0458. The van der Waals surface area contributed by atoms with E-state index < -0.39 is 296 Å². The van der Waals surface area contributed by atoms with Crippen LogP contribution in [0.3, 0.4) is 0 Å². The van der Waals surface area contributed by atoms with Crippen molar-refractivity contribution in [3.63, 3.8) is 0 Å². The molecule has 2 aliphatic heterocycles. The topological polar surface area (TPSA) is 110 Å². The fourth-order valence-electron chi connectivity index (χ4n) is 11.8. The van der Waals surface area contributed by atoms with E-state index in [-0.39, 0.29) is 71.6 Å². The lowest BCUT2D eigenvalue weighted by Gasteiger charge is -2.42. The Labute approximate surface area is 655 Å². The molecule has 2 fully saturated rings. The van der Waals surface area contributed by atoms with Gasteiger partial charge in [0.1, 0.15) is 13.1 Å². The molecule has 0 bridgehead atoms. The number of piperidine rings is 2. The predicted molar refractivity (Wildman–Crippen MR) is 395 cm³/mol. The van der Waals surface area contributed by atoms with E-state index in [9.17, 15) is 58.0 Å². The Morgan fingerprint density at radius 1 is 0.585 bits per heavy atom. The van der Waals surface area contributed by atoms with Gasteiger partial charge in [-0.3, -0.25) is 19.2 Å². The number of hydrogen-bond donors (Lipinski definition) is 0. The lowest BCUT2D eigenvalue weighted by Crippen LogP contribution is -2.49. The minimum atomic E-state index is -5.44. The third-order valence-corrected chi connectivity index (χ3v) is 19.3. The molecule has 12 nitrogen and oxygen atoms in total. The number of ether oxygens (including phenoxy) is 2. The molecule has 8 aromatic carbocycles. The fourth-order valence-corrected chi connectivity index (χ4v) is 13.8. The van der Waals surface area contributed by atoms with Crippen LogP contribution in [0.15, 0.2) is 207 Å². The van der Waals surface area contributed by atoms with Crippen molar-refractivity contribution in [2.24, 2.45) is 0 Å². The Kier molecular flexibility index (Phi) is 16.2. The Morgan fingerprint density at radius 2 is 1.15 bits per heavy atom. The Hall–Kier alpha value is -9.04. The summed E-state index contributed by atoms with van der Waals surface area (Å²) in [6, 6.07) is 0.688. The Balaban J connectivity index is 0.000000265. The summed E-state index contributed by atoms with van der Waals surface area (Å²) in [5.74, 6) is -8.70. The number of hydrogen-bond acceptors (Lipinski definition) is 10. The summed E-state index contributed by atoms with van der Waals surface area (Å²) in [5.41, 5.74) is -7.93. The second-order valence-corrected chi connectivity index (χ2v) is 26.0. The van der Waals surface area contributed by atoms with Crippen LogP contribution in [0.25, 0.3) is 44.1 Å². The molecule has 4 heterocycles. The SMILES string of the molecule is [2H]C([2H])([2H])OCC([2H])([2H])N1CCC(N(C(=O)Cn2c(SCc3cccc(F)c3F)cc(=O)c3ccccc32)C([2H])(C)c2ccc(-c3ccc(C(F)(F)F)cc3)cc2)CC1.[2H]c1c([2H])c(F)c(F)c(CSc2c([2H])c(=O)c3c([2H])c(C)c([2H])c([2H])c3n2CC(=O)N(C2CCN(C([2H])([2H])COC([2H])([2H])[2H])CC2)C([2H])([2H])c2c([2H])c([2H])c(-c3c([2H])c([2H])c(C(F)(F)F)c([2H])c3[2H])c([2H])c2[2H])c1[2H]. The van der Waals surface area contributed by atoms with Crippen molar-refractivity contribution in [3.05, 3.63) is 270 Å². The number of rotatable bonds is 24. The summed E-state index contributed by atoms with van der Waals surface area (Å²) in [4.78, 5) is 61.8. The number of nitrogens with zero attached hydrogens (tertiary/aromatic N) is 6. The molecule has 1 unspecified atom stereocenters. The molecule has 0 spiro atoms. The lowest BCUT2D eigenvalue weighted by atomic mass is 9.96. The number of carbonyl (C=O) groups excluding carboxylic acids is 2. The number of alkyl halides is 6. The number of halogens is 10. The van der Waals surface area contributed by atoms with E-state index in [2.05, 4.69) is 4.74 Å². The van der Waals surface area contributed by atoms with Gasteiger partial charge in [-0.15, -0.1) is 23.5 Å². The number of likely N-dealkylation sites (tertiary alicyclic amines) is 2. The van der Waals surface area contributed by atoms with Crippen LogP contribution in [-0.2, 0) is 62.5 Å². The maximum absolute atomic E-state index is 15.3. The Bertz CT molecular complexity index is 6280. The highest BCUT2D eigenvalue weighted by Gasteiger charge is 2.35. The van der Waals surface area contributed by atoms with Crippen molar-refractivity contribution < 1.29 is 101 Å². The molecular weight excluding hydrogens is 1420 g/mol. The molecule has 2 amide bonds. The molecule has 106 heavy (non-hydrogen) atoms. The van der Waals surface area contributed by atoms with Crippen LogP contribution >= 0.6 is 23.5 Å². The first kappa shape index (κ1) is 49.0. The number of thioether (sulfide) groups is 2. The minimum Gasteiger partial charge on any atom is -0.383 e. The van der Waals surface area contributed by atoms with Gasteiger partial charge in [0.05, 0.1) is 84.3 Å². The van der Waals surface area contributed by atoms with Crippen LogP contribution in [-0.4, -0.2) is 119 Å². The van der Waals surface area contributed by atoms with Crippen molar-refractivity contribution in [2.75, 3.05) is 66.5 Å². The molecule has 2 aliphatic rings. The van der Waals surface area contributed by atoms with Crippen LogP contribution in [0, 0.1) is 30.2 Å². The molecule has 24 heteroatoms. The van der Waals surface area contributed by atoms with Gasteiger partial charge < -0.3 is 38.2 Å². The molecule has 0 N–H and O–H groups in total. The van der Waals surface area contributed by atoms with Crippen molar-refractivity contribution in [1.82, 2.24) is 28.7 Å². The molecular formula is C82H80F10N6O6S2. The molecule has 2 saturated heterocycles. The first-order valence-electron chi connectivity index (χ1n) is 46.4. The van der Waals surface area contributed by atoms with Crippen molar-refractivity contribution in [3.8, 4) is 22.3 Å². The molecule has 10 aromatic rings. The first-order valence-corrected chi connectivity index (χ1v) is 34.3. The number of fused-ring (bicyclic) bond motifs is 2. The van der Waals surface area contributed by atoms with Gasteiger partial charge in [0.15, 0.2) is 34.1 Å². The zero-order chi connectivity index (χ0) is 99.8. The standard InChI is InChI=1S/2C41H40F5N3O3S/c1-27(28-10-12-29(13-11-28)30-14-16-32(17-15-30)41(44,45)46)49(33-18-20-47(21-19-33)22-23-52-2)38(51)25-48-36-9-4-3-7-34(36)37(50)24-39(48)53-26-31-6-5-8-35(42)40(31)43;1-27-6-15-36-34(22-27)37(50)23-39(53-26-31-4-3-5-35(42)40(31)43)49(36)25-38(51)48(33-16-18-47(19-17-33)20-21-52-2)24-28-7-9-29(10-8-28)30-11-13-32(14-12-30)41(44,45)46/h3-17,24,27,33H,18-23,25-26H2,1-2H3;3-15,22-23,33H,16-21,24-26H2,1-2H3/i2D3,22D2,27D;2D3,3D,4D,5D,6D,7D,8D,9D,10D,11D,12D,13D,14D,15D,20D2,22D,23D,24D2. The number of benzene rings is 8. The average Bonchev–Trinajstić information content (AvgIpc) is 0.718. The van der Waals surface area contributed by atoms with E-state index in [1.807, 2.05) is 0 Å². The van der Waals surface area contributed by atoms with Crippen LogP contribution in [0.2, 0.25) is 0 Å². The molecule has 1 atom stereocenters. The molecule has 0 saturated carbocycles. The van der Waals surface area contributed by atoms with Gasteiger partial charge in [-0.2, -0.15) is 26.3 Å². The maximum atomic E-state index is 15.3. The van der Waals surface area contributed by atoms with Gasteiger partial charge in [-0.1, -0.05) is 121 Å². The summed E-state index contributed by atoms with van der Waals surface area (Å²) in [7, 11) is -5.84. The summed E-state index contributed by atoms with van der Waals surface area (Å²) in [6.07, 6.45) is -10.5.